The van der Waals surface area contributed by atoms with Crippen LogP contribution in [0.5, 0.6) is 0 Å². The van der Waals surface area contributed by atoms with Gasteiger partial charge in [-0.05, 0) is 18.1 Å². The molecule has 5 nitrogen and oxygen atoms in total. The standard InChI is InChI=1S/C13H15N3O2/c1-10-4-2-3-5-11(10)8-16-9-12(14-15-16)13-17-6-7-18-13/h2-5,9,13H,6-8H2,1H3. The zero-order valence-electron chi connectivity index (χ0n) is 10.2. The maximum Gasteiger partial charge on any atom is 0.204 e. The summed E-state index contributed by atoms with van der Waals surface area (Å²) in [6, 6.07) is 8.25. The Morgan fingerprint density at radius 3 is 2.83 bits per heavy atom. The number of hydrogen-bond donors (Lipinski definition) is 0. The van der Waals surface area contributed by atoms with Crippen molar-refractivity contribution in [1.82, 2.24) is 15.0 Å². The normalized spacial score (nSPS) is 16.3. The van der Waals surface area contributed by atoms with Gasteiger partial charge < -0.3 is 9.47 Å². The van der Waals surface area contributed by atoms with Gasteiger partial charge in [-0.1, -0.05) is 29.5 Å². The van der Waals surface area contributed by atoms with Crippen LogP contribution < -0.4 is 0 Å². The molecular formula is C13H15N3O2. The summed E-state index contributed by atoms with van der Waals surface area (Å²) in [6.07, 6.45) is 1.53. The van der Waals surface area contributed by atoms with Gasteiger partial charge in [0, 0.05) is 0 Å². The second-order valence-corrected chi connectivity index (χ2v) is 4.34. The van der Waals surface area contributed by atoms with E-state index in [0.717, 1.165) is 5.69 Å². The first-order valence-electron chi connectivity index (χ1n) is 6.01. The third-order valence-electron chi connectivity index (χ3n) is 3.01. The highest BCUT2D eigenvalue weighted by Crippen LogP contribution is 2.20. The Morgan fingerprint density at radius 1 is 1.28 bits per heavy atom. The average molecular weight is 245 g/mol. The van der Waals surface area contributed by atoms with E-state index in [9.17, 15) is 0 Å². The molecule has 0 unspecified atom stereocenters. The first-order chi connectivity index (χ1) is 8.83. The van der Waals surface area contributed by atoms with Gasteiger partial charge in [-0.25, -0.2) is 4.68 Å². The highest BCUT2D eigenvalue weighted by atomic mass is 16.7. The monoisotopic (exact) mass is 245 g/mol. The second kappa shape index (κ2) is 4.88. The third-order valence-corrected chi connectivity index (χ3v) is 3.01. The van der Waals surface area contributed by atoms with Crippen molar-refractivity contribution < 1.29 is 9.47 Å². The van der Waals surface area contributed by atoms with Gasteiger partial charge in [0.15, 0.2) is 0 Å². The molecule has 0 radical (unpaired) electrons. The molecule has 0 spiro atoms. The molecular weight excluding hydrogens is 230 g/mol. The summed E-state index contributed by atoms with van der Waals surface area (Å²) in [5.41, 5.74) is 3.23. The molecule has 0 atom stereocenters. The predicted octanol–water partition coefficient (Wildman–Crippen LogP) is 1.68. The maximum absolute atomic E-state index is 5.39. The largest absolute Gasteiger partial charge is 0.345 e. The molecule has 2 heterocycles. The molecule has 0 amide bonds. The van der Waals surface area contributed by atoms with Crippen molar-refractivity contribution in [3.63, 3.8) is 0 Å². The van der Waals surface area contributed by atoms with Crippen molar-refractivity contribution in [1.29, 1.82) is 0 Å². The first kappa shape index (κ1) is 11.4. The minimum atomic E-state index is -0.351. The van der Waals surface area contributed by atoms with Crippen LogP contribution >= 0.6 is 0 Å². The van der Waals surface area contributed by atoms with Gasteiger partial charge in [-0.2, -0.15) is 0 Å². The molecule has 1 aliphatic rings. The van der Waals surface area contributed by atoms with Crippen LogP contribution in [0.15, 0.2) is 30.5 Å². The average Bonchev–Trinajstić information content (AvgIpc) is 3.02. The summed E-state index contributed by atoms with van der Waals surface area (Å²) in [5, 5.41) is 8.19. The lowest BCUT2D eigenvalue weighted by atomic mass is 10.1. The molecule has 18 heavy (non-hydrogen) atoms. The Balaban J connectivity index is 1.75. The van der Waals surface area contributed by atoms with Crippen LogP contribution in [0.1, 0.15) is 23.1 Å². The highest BCUT2D eigenvalue weighted by molar-refractivity contribution is 5.25. The third kappa shape index (κ3) is 2.27. The van der Waals surface area contributed by atoms with Crippen molar-refractivity contribution in [2.45, 2.75) is 19.8 Å². The zero-order chi connectivity index (χ0) is 12.4. The van der Waals surface area contributed by atoms with E-state index >= 15 is 0 Å². The summed E-state index contributed by atoms with van der Waals surface area (Å²) in [5.74, 6) is 0. The van der Waals surface area contributed by atoms with Crippen molar-refractivity contribution in [2.24, 2.45) is 0 Å². The number of aryl methyl sites for hydroxylation is 1. The first-order valence-corrected chi connectivity index (χ1v) is 6.01. The Kier molecular flexibility index (Phi) is 3.08. The molecule has 1 fully saturated rings. The quantitative estimate of drug-likeness (QED) is 0.825. The van der Waals surface area contributed by atoms with Gasteiger partial charge in [-0.15, -0.1) is 5.10 Å². The van der Waals surface area contributed by atoms with Gasteiger partial charge >= 0.3 is 0 Å². The highest BCUT2D eigenvalue weighted by Gasteiger charge is 2.21. The van der Waals surface area contributed by atoms with Crippen molar-refractivity contribution in [3.05, 3.63) is 47.3 Å². The van der Waals surface area contributed by atoms with Gasteiger partial charge in [0.1, 0.15) is 5.69 Å². The van der Waals surface area contributed by atoms with Gasteiger partial charge in [0.2, 0.25) is 6.29 Å². The molecule has 1 aromatic carbocycles. The molecule has 1 aliphatic heterocycles. The predicted molar refractivity (Wildman–Crippen MR) is 64.9 cm³/mol. The molecule has 2 aromatic rings. The van der Waals surface area contributed by atoms with Crippen molar-refractivity contribution >= 4 is 0 Å². The van der Waals surface area contributed by atoms with Crippen LogP contribution in [0, 0.1) is 6.92 Å². The Morgan fingerprint density at radius 2 is 2.06 bits per heavy atom. The van der Waals surface area contributed by atoms with Crippen LogP contribution in [0.3, 0.4) is 0 Å². The van der Waals surface area contributed by atoms with E-state index in [1.165, 1.54) is 11.1 Å². The summed E-state index contributed by atoms with van der Waals surface area (Å²) in [7, 11) is 0. The van der Waals surface area contributed by atoms with Crippen LogP contribution in [-0.4, -0.2) is 28.2 Å². The lowest BCUT2D eigenvalue weighted by Gasteiger charge is -2.05. The van der Waals surface area contributed by atoms with Crippen LogP contribution in [0.2, 0.25) is 0 Å². The topological polar surface area (TPSA) is 49.2 Å². The number of aromatic nitrogens is 3. The van der Waals surface area contributed by atoms with E-state index < -0.39 is 0 Å². The molecule has 3 rings (SSSR count). The smallest absolute Gasteiger partial charge is 0.204 e. The summed E-state index contributed by atoms with van der Waals surface area (Å²) < 4.78 is 12.6. The SMILES string of the molecule is Cc1ccccc1Cn1cc(C2OCCO2)nn1. The molecule has 1 saturated heterocycles. The van der Waals surface area contributed by atoms with Gasteiger partial charge in [0.05, 0.1) is 26.0 Å². The summed E-state index contributed by atoms with van der Waals surface area (Å²) in [4.78, 5) is 0. The van der Waals surface area contributed by atoms with E-state index in [4.69, 9.17) is 9.47 Å². The minimum Gasteiger partial charge on any atom is -0.345 e. The van der Waals surface area contributed by atoms with Crippen LogP contribution in [0.25, 0.3) is 0 Å². The lowest BCUT2D eigenvalue weighted by Crippen LogP contribution is -2.02. The number of ether oxygens (including phenoxy) is 2. The summed E-state index contributed by atoms with van der Waals surface area (Å²) in [6.45, 7) is 4.05. The molecule has 5 heteroatoms. The van der Waals surface area contributed by atoms with E-state index in [1.54, 1.807) is 0 Å². The van der Waals surface area contributed by atoms with E-state index in [2.05, 4.69) is 29.4 Å². The summed E-state index contributed by atoms with van der Waals surface area (Å²) >= 11 is 0. The fourth-order valence-corrected chi connectivity index (χ4v) is 1.99. The zero-order valence-corrected chi connectivity index (χ0v) is 10.2. The molecule has 1 aromatic heterocycles. The Bertz CT molecular complexity index is 533. The second-order valence-electron chi connectivity index (χ2n) is 4.34. The maximum atomic E-state index is 5.39. The number of hydrogen-bond acceptors (Lipinski definition) is 4. The molecule has 0 bridgehead atoms. The fourth-order valence-electron chi connectivity index (χ4n) is 1.99. The van der Waals surface area contributed by atoms with E-state index in [1.807, 2.05) is 23.0 Å². The number of rotatable bonds is 3. The van der Waals surface area contributed by atoms with E-state index in [-0.39, 0.29) is 6.29 Å². The van der Waals surface area contributed by atoms with Crippen LogP contribution in [-0.2, 0) is 16.0 Å². The van der Waals surface area contributed by atoms with Crippen molar-refractivity contribution in [2.75, 3.05) is 13.2 Å². The molecule has 0 aliphatic carbocycles. The lowest BCUT2D eigenvalue weighted by molar-refractivity contribution is -0.0473. The Labute approximate surface area is 105 Å². The van der Waals surface area contributed by atoms with Crippen LogP contribution in [0.4, 0.5) is 0 Å². The van der Waals surface area contributed by atoms with Gasteiger partial charge in [-0.3, -0.25) is 0 Å². The molecule has 0 N–H and O–H groups in total. The van der Waals surface area contributed by atoms with Gasteiger partial charge in [0.25, 0.3) is 0 Å². The molecule has 94 valence electrons. The minimum absolute atomic E-state index is 0.351. The fraction of sp³-hybridized carbons (Fsp3) is 0.385. The number of benzene rings is 1. The number of nitrogens with zero attached hydrogens (tertiary/aromatic N) is 3. The Hall–Kier alpha value is -1.72. The van der Waals surface area contributed by atoms with Crippen molar-refractivity contribution in [3.8, 4) is 0 Å². The van der Waals surface area contributed by atoms with E-state index in [0.29, 0.717) is 19.8 Å². The molecule has 0 saturated carbocycles.